The molecule has 1 heterocycles. The van der Waals surface area contributed by atoms with E-state index < -0.39 is 0 Å². The number of carbonyl (C=O) groups is 1. The molecular formula is C21H22N2O2. The Morgan fingerprint density at radius 2 is 1.92 bits per heavy atom. The summed E-state index contributed by atoms with van der Waals surface area (Å²) in [6.45, 7) is 0.594. The maximum absolute atomic E-state index is 12.1. The van der Waals surface area contributed by atoms with E-state index in [0.717, 1.165) is 22.0 Å². The van der Waals surface area contributed by atoms with Crippen LogP contribution in [0, 0.1) is 0 Å². The van der Waals surface area contributed by atoms with E-state index >= 15 is 0 Å². The summed E-state index contributed by atoms with van der Waals surface area (Å²) in [5.74, 6) is -0.251. The number of para-hydroxylation sites is 1. The van der Waals surface area contributed by atoms with Gasteiger partial charge in [0.15, 0.2) is 0 Å². The SMILES string of the molecule is COC(=O)[C@H](Cc1c[nH]c2ccccc12)NC/C=C/c1ccccc1. The molecule has 0 aliphatic heterocycles. The van der Waals surface area contributed by atoms with Crippen molar-refractivity contribution in [1.82, 2.24) is 10.3 Å². The molecule has 0 bridgehead atoms. The van der Waals surface area contributed by atoms with E-state index in [9.17, 15) is 4.79 Å². The zero-order valence-electron chi connectivity index (χ0n) is 14.2. The van der Waals surface area contributed by atoms with Gasteiger partial charge >= 0.3 is 5.97 Å². The minimum Gasteiger partial charge on any atom is -0.468 e. The molecule has 1 atom stereocenters. The maximum Gasteiger partial charge on any atom is 0.323 e. The summed E-state index contributed by atoms with van der Waals surface area (Å²) in [4.78, 5) is 15.4. The molecule has 128 valence electrons. The number of rotatable bonds is 7. The van der Waals surface area contributed by atoms with Crippen LogP contribution in [0.1, 0.15) is 11.1 Å². The van der Waals surface area contributed by atoms with E-state index in [-0.39, 0.29) is 12.0 Å². The second kappa shape index (κ2) is 8.31. The summed E-state index contributed by atoms with van der Waals surface area (Å²) in [7, 11) is 1.42. The van der Waals surface area contributed by atoms with Crippen molar-refractivity contribution in [1.29, 1.82) is 0 Å². The highest BCUT2D eigenvalue weighted by Crippen LogP contribution is 2.19. The maximum atomic E-state index is 12.1. The van der Waals surface area contributed by atoms with Crippen molar-refractivity contribution in [3.63, 3.8) is 0 Å². The topological polar surface area (TPSA) is 54.1 Å². The van der Waals surface area contributed by atoms with Crippen molar-refractivity contribution in [2.45, 2.75) is 12.5 Å². The van der Waals surface area contributed by atoms with E-state index in [1.165, 1.54) is 7.11 Å². The van der Waals surface area contributed by atoms with Crippen LogP contribution in [0.5, 0.6) is 0 Å². The Kier molecular flexibility index (Phi) is 5.65. The lowest BCUT2D eigenvalue weighted by Gasteiger charge is -2.15. The van der Waals surface area contributed by atoms with Crippen molar-refractivity contribution < 1.29 is 9.53 Å². The predicted molar refractivity (Wildman–Crippen MR) is 101 cm³/mol. The highest BCUT2D eigenvalue weighted by Gasteiger charge is 2.20. The van der Waals surface area contributed by atoms with E-state index in [2.05, 4.69) is 16.4 Å². The summed E-state index contributed by atoms with van der Waals surface area (Å²) < 4.78 is 4.95. The molecular weight excluding hydrogens is 312 g/mol. The number of benzene rings is 2. The summed E-state index contributed by atoms with van der Waals surface area (Å²) in [6, 6.07) is 17.8. The molecule has 0 amide bonds. The van der Waals surface area contributed by atoms with Gasteiger partial charge in [-0.05, 0) is 17.2 Å². The van der Waals surface area contributed by atoms with Gasteiger partial charge in [0.2, 0.25) is 0 Å². The van der Waals surface area contributed by atoms with Crippen LogP contribution in [-0.2, 0) is 16.0 Å². The largest absolute Gasteiger partial charge is 0.468 e. The van der Waals surface area contributed by atoms with Crippen LogP contribution in [-0.4, -0.2) is 30.6 Å². The van der Waals surface area contributed by atoms with Crippen molar-refractivity contribution >= 4 is 22.9 Å². The zero-order chi connectivity index (χ0) is 17.5. The minimum absolute atomic E-state index is 0.251. The molecule has 4 heteroatoms. The summed E-state index contributed by atoms with van der Waals surface area (Å²) in [5, 5.41) is 4.41. The molecule has 0 unspecified atom stereocenters. The van der Waals surface area contributed by atoms with Gasteiger partial charge in [-0.2, -0.15) is 0 Å². The third-order valence-corrected chi connectivity index (χ3v) is 4.18. The standard InChI is InChI=1S/C21H22N2O2/c1-25-21(24)20(22-13-7-10-16-8-3-2-4-9-16)14-17-15-23-19-12-6-5-11-18(17)19/h2-12,15,20,22-23H,13-14H2,1H3/b10-7+/t20-/m0/s1. The molecule has 0 saturated heterocycles. The smallest absolute Gasteiger partial charge is 0.323 e. The van der Waals surface area contributed by atoms with Gasteiger partial charge in [-0.25, -0.2) is 0 Å². The first-order valence-corrected chi connectivity index (χ1v) is 8.35. The second-order valence-corrected chi connectivity index (χ2v) is 5.86. The number of H-pyrrole nitrogens is 1. The second-order valence-electron chi connectivity index (χ2n) is 5.86. The van der Waals surface area contributed by atoms with Gasteiger partial charge in [0.25, 0.3) is 0 Å². The Bertz CT molecular complexity index is 852. The average molecular weight is 334 g/mol. The molecule has 0 aliphatic rings. The Morgan fingerprint density at radius 1 is 1.16 bits per heavy atom. The molecule has 0 radical (unpaired) electrons. The number of aromatic amines is 1. The molecule has 0 fully saturated rings. The fourth-order valence-corrected chi connectivity index (χ4v) is 2.87. The number of fused-ring (bicyclic) bond motifs is 1. The first-order valence-electron chi connectivity index (χ1n) is 8.35. The quantitative estimate of drug-likeness (QED) is 0.650. The Morgan fingerprint density at radius 3 is 2.72 bits per heavy atom. The van der Waals surface area contributed by atoms with Crippen LogP contribution in [0.25, 0.3) is 17.0 Å². The van der Waals surface area contributed by atoms with Gasteiger partial charge in [-0.15, -0.1) is 0 Å². The van der Waals surface area contributed by atoms with Crippen molar-refractivity contribution in [2.75, 3.05) is 13.7 Å². The van der Waals surface area contributed by atoms with Crippen LogP contribution in [0.3, 0.4) is 0 Å². The average Bonchev–Trinajstić information content (AvgIpc) is 3.07. The Balaban J connectivity index is 1.66. The van der Waals surface area contributed by atoms with Crippen LogP contribution >= 0.6 is 0 Å². The lowest BCUT2D eigenvalue weighted by molar-refractivity contribution is -0.143. The molecule has 25 heavy (non-hydrogen) atoms. The number of nitrogens with one attached hydrogen (secondary N) is 2. The van der Waals surface area contributed by atoms with Gasteiger partial charge in [0.1, 0.15) is 6.04 Å². The lowest BCUT2D eigenvalue weighted by atomic mass is 10.0. The van der Waals surface area contributed by atoms with Crippen molar-refractivity contribution in [3.8, 4) is 0 Å². The van der Waals surface area contributed by atoms with Gasteiger partial charge < -0.3 is 15.0 Å². The molecule has 0 saturated carbocycles. The summed E-state index contributed by atoms with van der Waals surface area (Å²) in [6.07, 6.45) is 6.59. The zero-order valence-corrected chi connectivity index (χ0v) is 14.2. The fourth-order valence-electron chi connectivity index (χ4n) is 2.87. The van der Waals surface area contributed by atoms with E-state index in [1.54, 1.807) is 0 Å². The predicted octanol–water partition coefficient (Wildman–Crippen LogP) is 3.56. The Labute approximate surface area is 147 Å². The molecule has 0 spiro atoms. The highest BCUT2D eigenvalue weighted by molar-refractivity contribution is 5.84. The molecule has 2 N–H and O–H groups in total. The number of ether oxygens (including phenoxy) is 1. The first-order chi connectivity index (χ1) is 12.3. The van der Waals surface area contributed by atoms with E-state index in [0.29, 0.717) is 13.0 Å². The molecule has 1 aromatic heterocycles. The van der Waals surface area contributed by atoms with Crippen LogP contribution in [0.15, 0.2) is 66.9 Å². The number of aromatic nitrogens is 1. The summed E-state index contributed by atoms with van der Waals surface area (Å²) in [5.41, 5.74) is 3.31. The number of carbonyl (C=O) groups excluding carboxylic acids is 1. The van der Waals surface area contributed by atoms with Crippen LogP contribution < -0.4 is 5.32 Å². The lowest BCUT2D eigenvalue weighted by Crippen LogP contribution is -2.39. The van der Waals surface area contributed by atoms with Crippen LogP contribution in [0.4, 0.5) is 0 Å². The highest BCUT2D eigenvalue weighted by atomic mass is 16.5. The Hall–Kier alpha value is -2.85. The molecule has 3 rings (SSSR count). The van der Waals surface area contributed by atoms with E-state index in [4.69, 9.17) is 4.74 Å². The summed E-state index contributed by atoms with van der Waals surface area (Å²) >= 11 is 0. The number of hydrogen-bond donors (Lipinski definition) is 2. The van der Waals surface area contributed by atoms with Crippen LogP contribution in [0.2, 0.25) is 0 Å². The fraction of sp³-hybridized carbons (Fsp3) is 0.190. The molecule has 2 aromatic carbocycles. The van der Waals surface area contributed by atoms with E-state index in [1.807, 2.05) is 66.9 Å². The van der Waals surface area contributed by atoms with Gasteiger partial charge in [0.05, 0.1) is 7.11 Å². The van der Waals surface area contributed by atoms with Gasteiger partial charge in [-0.3, -0.25) is 4.79 Å². The third kappa shape index (κ3) is 4.37. The molecule has 4 nitrogen and oxygen atoms in total. The number of esters is 1. The first kappa shape index (κ1) is 17.0. The van der Waals surface area contributed by atoms with Crippen molar-refractivity contribution in [3.05, 3.63) is 78.0 Å². The molecule has 0 aliphatic carbocycles. The number of methoxy groups -OCH3 is 1. The monoisotopic (exact) mass is 334 g/mol. The van der Waals surface area contributed by atoms with Gasteiger partial charge in [-0.1, -0.05) is 60.7 Å². The molecule has 3 aromatic rings. The minimum atomic E-state index is -0.385. The number of hydrogen-bond acceptors (Lipinski definition) is 3. The third-order valence-electron chi connectivity index (χ3n) is 4.18. The van der Waals surface area contributed by atoms with Crippen molar-refractivity contribution in [2.24, 2.45) is 0 Å². The normalized spacial score (nSPS) is 12.5. The van der Waals surface area contributed by atoms with Gasteiger partial charge in [0, 0.05) is 30.1 Å².